The Bertz CT molecular complexity index is 761. The molecule has 1 saturated heterocycles. The molecular weight excluding hydrogens is 396 g/mol. The molecule has 2 aromatic carbocycles. The van der Waals surface area contributed by atoms with E-state index in [9.17, 15) is 4.79 Å². The number of hydrogen-bond donors (Lipinski definition) is 1. The van der Waals surface area contributed by atoms with E-state index >= 15 is 0 Å². The number of amides is 1. The molecule has 6 heteroatoms. The normalized spacial score (nSPS) is 16.3. The average Bonchev–Trinajstić information content (AvgIpc) is 2.70. The summed E-state index contributed by atoms with van der Waals surface area (Å²) < 4.78 is 0.495. The predicted octanol–water partition coefficient (Wildman–Crippen LogP) is 5.24. The van der Waals surface area contributed by atoms with Gasteiger partial charge in [-0.25, -0.2) is 0 Å². The SMILES string of the molecule is CN(C)C(CNC(=O)c1ccc(C2SCCCS2)cc1)c1ccccc1Cl. The van der Waals surface area contributed by atoms with Gasteiger partial charge in [0.25, 0.3) is 5.91 Å². The van der Waals surface area contributed by atoms with Crippen molar-refractivity contribution in [2.24, 2.45) is 0 Å². The summed E-state index contributed by atoms with van der Waals surface area (Å²) in [6, 6.07) is 15.8. The number of carbonyl (C=O) groups excluding carboxylic acids is 1. The standard InChI is InChI=1S/C21H25ClN2OS2/c1-24(2)19(17-6-3-4-7-18(17)22)14-23-20(25)15-8-10-16(11-9-15)21-26-12-5-13-27-21/h3-4,6-11,19,21H,5,12-14H2,1-2H3,(H,23,25). The van der Waals surface area contributed by atoms with Crippen LogP contribution < -0.4 is 5.32 Å². The van der Waals surface area contributed by atoms with Crippen molar-refractivity contribution in [2.75, 3.05) is 32.1 Å². The molecule has 0 radical (unpaired) electrons. The van der Waals surface area contributed by atoms with Gasteiger partial charge >= 0.3 is 0 Å². The van der Waals surface area contributed by atoms with Gasteiger partial charge in [-0.05, 0) is 61.3 Å². The smallest absolute Gasteiger partial charge is 0.251 e. The van der Waals surface area contributed by atoms with Gasteiger partial charge in [0.15, 0.2) is 0 Å². The third kappa shape index (κ3) is 5.44. The summed E-state index contributed by atoms with van der Waals surface area (Å²) in [6.07, 6.45) is 1.28. The third-order valence-electron chi connectivity index (χ3n) is 4.62. The van der Waals surface area contributed by atoms with Crippen LogP contribution in [0.15, 0.2) is 48.5 Å². The molecule has 27 heavy (non-hydrogen) atoms. The van der Waals surface area contributed by atoms with Gasteiger partial charge in [-0.1, -0.05) is 41.9 Å². The number of nitrogens with zero attached hydrogens (tertiary/aromatic N) is 1. The Hall–Kier alpha value is -1.14. The fourth-order valence-electron chi connectivity index (χ4n) is 3.08. The number of benzene rings is 2. The van der Waals surface area contributed by atoms with Crippen molar-refractivity contribution in [1.29, 1.82) is 0 Å². The van der Waals surface area contributed by atoms with Crippen molar-refractivity contribution >= 4 is 41.0 Å². The minimum Gasteiger partial charge on any atom is -0.350 e. The van der Waals surface area contributed by atoms with E-state index in [0.29, 0.717) is 16.7 Å². The van der Waals surface area contributed by atoms with Crippen molar-refractivity contribution in [2.45, 2.75) is 17.0 Å². The summed E-state index contributed by atoms with van der Waals surface area (Å²) in [5.41, 5.74) is 3.01. The topological polar surface area (TPSA) is 32.3 Å². The van der Waals surface area contributed by atoms with Crippen LogP contribution in [-0.2, 0) is 0 Å². The zero-order chi connectivity index (χ0) is 19.2. The molecule has 0 bridgehead atoms. The highest BCUT2D eigenvalue weighted by molar-refractivity contribution is 8.16. The molecular formula is C21H25ClN2OS2. The molecule has 0 aliphatic carbocycles. The highest BCUT2D eigenvalue weighted by atomic mass is 35.5. The van der Waals surface area contributed by atoms with Crippen LogP contribution in [-0.4, -0.2) is 43.0 Å². The van der Waals surface area contributed by atoms with E-state index in [1.54, 1.807) is 0 Å². The highest BCUT2D eigenvalue weighted by Crippen LogP contribution is 2.43. The zero-order valence-electron chi connectivity index (χ0n) is 15.7. The predicted molar refractivity (Wildman–Crippen MR) is 119 cm³/mol. The monoisotopic (exact) mass is 420 g/mol. The molecule has 1 aliphatic heterocycles. The Morgan fingerprint density at radius 2 is 1.81 bits per heavy atom. The van der Waals surface area contributed by atoms with Gasteiger partial charge in [0.05, 0.1) is 10.6 Å². The van der Waals surface area contributed by atoms with E-state index in [2.05, 4.69) is 22.3 Å². The number of halogens is 1. The van der Waals surface area contributed by atoms with Crippen LogP contribution in [0, 0.1) is 0 Å². The minimum absolute atomic E-state index is 0.0250. The molecule has 3 nitrogen and oxygen atoms in total. The van der Waals surface area contributed by atoms with E-state index in [4.69, 9.17) is 11.6 Å². The fraction of sp³-hybridized carbons (Fsp3) is 0.381. The van der Waals surface area contributed by atoms with Crippen molar-refractivity contribution in [3.8, 4) is 0 Å². The van der Waals surface area contributed by atoms with E-state index in [-0.39, 0.29) is 11.9 Å². The average molecular weight is 421 g/mol. The second-order valence-electron chi connectivity index (χ2n) is 6.76. The Morgan fingerprint density at radius 1 is 1.15 bits per heavy atom. The maximum Gasteiger partial charge on any atom is 0.251 e. The van der Waals surface area contributed by atoms with Gasteiger partial charge in [-0.15, -0.1) is 23.5 Å². The van der Waals surface area contributed by atoms with Gasteiger partial charge in [-0.2, -0.15) is 0 Å². The van der Waals surface area contributed by atoms with Crippen molar-refractivity contribution in [3.63, 3.8) is 0 Å². The number of thioether (sulfide) groups is 2. The van der Waals surface area contributed by atoms with Crippen molar-refractivity contribution in [1.82, 2.24) is 10.2 Å². The molecule has 1 aliphatic rings. The van der Waals surface area contributed by atoms with E-state index in [1.165, 1.54) is 23.5 Å². The first-order chi connectivity index (χ1) is 13.1. The Kier molecular flexibility index (Phi) is 7.53. The van der Waals surface area contributed by atoms with Gasteiger partial charge in [0.1, 0.15) is 0 Å². The number of hydrogen-bond acceptors (Lipinski definition) is 4. The van der Waals surface area contributed by atoms with Crippen molar-refractivity contribution < 1.29 is 4.79 Å². The third-order valence-corrected chi connectivity index (χ3v) is 7.97. The second-order valence-corrected chi connectivity index (χ2v) is 9.89. The van der Waals surface area contributed by atoms with Crippen LogP contribution in [0.5, 0.6) is 0 Å². The molecule has 1 unspecified atom stereocenters. The zero-order valence-corrected chi connectivity index (χ0v) is 18.0. The molecule has 1 heterocycles. The lowest BCUT2D eigenvalue weighted by atomic mass is 10.1. The van der Waals surface area contributed by atoms with E-state index in [1.807, 2.05) is 74.0 Å². The molecule has 1 N–H and O–H groups in total. The van der Waals surface area contributed by atoms with Crippen LogP contribution in [0.2, 0.25) is 5.02 Å². The first-order valence-corrected chi connectivity index (χ1v) is 11.6. The van der Waals surface area contributed by atoms with Gasteiger partial charge in [-0.3, -0.25) is 4.79 Å². The maximum atomic E-state index is 12.6. The first kappa shape index (κ1) is 20.6. The largest absolute Gasteiger partial charge is 0.350 e. The number of likely N-dealkylation sites (N-methyl/N-ethyl adjacent to an activating group) is 1. The molecule has 1 amide bonds. The summed E-state index contributed by atoms with van der Waals surface area (Å²) in [5, 5.41) is 3.78. The second kappa shape index (κ2) is 9.87. The molecule has 0 spiro atoms. The lowest BCUT2D eigenvalue weighted by Crippen LogP contribution is -2.34. The lowest BCUT2D eigenvalue weighted by Gasteiger charge is -2.26. The molecule has 1 atom stereocenters. The van der Waals surface area contributed by atoms with Crippen LogP contribution in [0.4, 0.5) is 0 Å². The van der Waals surface area contributed by atoms with E-state index in [0.717, 1.165) is 10.6 Å². The van der Waals surface area contributed by atoms with Gasteiger partial charge in [0.2, 0.25) is 0 Å². The van der Waals surface area contributed by atoms with Gasteiger partial charge in [0, 0.05) is 17.1 Å². The van der Waals surface area contributed by atoms with Gasteiger partial charge < -0.3 is 10.2 Å². The lowest BCUT2D eigenvalue weighted by molar-refractivity contribution is 0.0942. The molecule has 2 aromatic rings. The summed E-state index contributed by atoms with van der Waals surface area (Å²) in [6.45, 7) is 0.506. The fourth-order valence-corrected chi connectivity index (χ4v) is 6.24. The van der Waals surface area contributed by atoms with Crippen molar-refractivity contribution in [3.05, 3.63) is 70.2 Å². The molecule has 0 aromatic heterocycles. The Balaban J connectivity index is 1.63. The Labute approximate surface area is 175 Å². The number of nitrogens with one attached hydrogen (secondary N) is 1. The number of carbonyl (C=O) groups is 1. The van der Waals surface area contributed by atoms with E-state index < -0.39 is 0 Å². The quantitative estimate of drug-likeness (QED) is 0.692. The molecule has 144 valence electrons. The summed E-state index contributed by atoms with van der Waals surface area (Å²) in [4.78, 5) is 14.7. The molecule has 0 saturated carbocycles. The van der Waals surface area contributed by atoms with Crippen LogP contribution in [0.1, 0.15) is 38.5 Å². The summed E-state index contributed by atoms with van der Waals surface area (Å²) in [5.74, 6) is 2.38. The Morgan fingerprint density at radius 3 is 2.44 bits per heavy atom. The van der Waals surface area contributed by atoms with Crippen LogP contribution in [0.3, 0.4) is 0 Å². The highest BCUT2D eigenvalue weighted by Gasteiger charge is 2.19. The van der Waals surface area contributed by atoms with Crippen LogP contribution >= 0.6 is 35.1 Å². The maximum absolute atomic E-state index is 12.6. The first-order valence-electron chi connectivity index (χ1n) is 9.08. The molecule has 3 rings (SSSR count). The molecule has 1 fully saturated rings. The minimum atomic E-state index is -0.0515. The summed E-state index contributed by atoms with van der Waals surface area (Å²) in [7, 11) is 3.99. The number of rotatable bonds is 6. The van der Waals surface area contributed by atoms with Crippen LogP contribution in [0.25, 0.3) is 0 Å². The summed E-state index contributed by atoms with van der Waals surface area (Å²) >= 11 is 10.3.